The Bertz CT molecular complexity index is 961. The number of carbonyl (C=O) groups is 2. The number of amides is 2. The van der Waals surface area contributed by atoms with E-state index in [4.69, 9.17) is 11.6 Å². The number of rotatable bonds is 2. The smallest absolute Gasteiger partial charge is 0.287 e. The van der Waals surface area contributed by atoms with Crippen molar-refractivity contribution in [3.8, 4) is 0 Å². The zero-order valence-corrected chi connectivity index (χ0v) is 15.4. The van der Waals surface area contributed by atoms with Crippen molar-refractivity contribution in [1.29, 1.82) is 0 Å². The number of carbonyl (C=O) groups excluding carboxylic acids is 2. The summed E-state index contributed by atoms with van der Waals surface area (Å²) >= 11 is 6.03. The number of fused-ring (bicyclic) bond motifs is 1. The molecule has 8 heteroatoms. The number of hydrogen-bond acceptors (Lipinski definition) is 3. The average molecular weight is 409 g/mol. The third-order valence-electron chi connectivity index (χ3n) is 5.24. The summed E-state index contributed by atoms with van der Waals surface area (Å²) in [6.45, 7) is 1.12. The standard InChI is InChI=1S/C20H16ClF3N2O2/c21-15-6-5-14(20(22,23)24)9-16(15)26-18(27)10-17(19(26)28)25-8-7-12-3-1-2-4-13(12)11-25/h1-6,9,17H,7-8,10-11H2/t17-/m1/s1. The number of imide groups is 1. The average Bonchev–Trinajstić information content (AvgIpc) is 2.95. The van der Waals surface area contributed by atoms with Crippen molar-refractivity contribution >= 4 is 29.1 Å². The minimum absolute atomic E-state index is 0.0701. The van der Waals surface area contributed by atoms with Crippen LogP contribution in [0.5, 0.6) is 0 Å². The maximum Gasteiger partial charge on any atom is 0.416 e. The molecule has 1 saturated heterocycles. The van der Waals surface area contributed by atoms with Crippen molar-refractivity contribution in [3.63, 3.8) is 0 Å². The zero-order chi connectivity index (χ0) is 20.1. The summed E-state index contributed by atoms with van der Waals surface area (Å²) < 4.78 is 39.1. The molecule has 0 N–H and O–H groups in total. The number of benzene rings is 2. The monoisotopic (exact) mass is 408 g/mol. The summed E-state index contributed by atoms with van der Waals surface area (Å²) in [6, 6.07) is 9.82. The first-order valence-corrected chi connectivity index (χ1v) is 9.18. The third-order valence-corrected chi connectivity index (χ3v) is 5.56. The first kappa shape index (κ1) is 19.0. The second-order valence-corrected chi connectivity index (χ2v) is 7.35. The van der Waals surface area contributed by atoms with Gasteiger partial charge in [0.15, 0.2) is 0 Å². The molecule has 2 aromatic rings. The van der Waals surface area contributed by atoms with Gasteiger partial charge in [-0.1, -0.05) is 35.9 Å². The molecule has 2 aliphatic heterocycles. The third kappa shape index (κ3) is 3.29. The lowest BCUT2D eigenvalue weighted by Crippen LogP contribution is -2.44. The Balaban J connectivity index is 1.62. The van der Waals surface area contributed by atoms with Crippen molar-refractivity contribution in [1.82, 2.24) is 4.90 Å². The summed E-state index contributed by atoms with van der Waals surface area (Å²) in [5.74, 6) is -1.08. The van der Waals surface area contributed by atoms with Gasteiger partial charge in [-0.05, 0) is 35.7 Å². The van der Waals surface area contributed by atoms with E-state index in [1.54, 1.807) is 0 Å². The molecule has 0 bridgehead atoms. The van der Waals surface area contributed by atoms with Crippen LogP contribution < -0.4 is 4.90 Å². The van der Waals surface area contributed by atoms with Crippen LogP contribution in [-0.2, 0) is 28.7 Å². The molecule has 4 nitrogen and oxygen atoms in total. The van der Waals surface area contributed by atoms with Crippen molar-refractivity contribution in [2.45, 2.75) is 31.6 Å². The number of hydrogen-bond donors (Lipinski definition) is 0. The Kier molecular flexibility index (Phi) is 4.67. The molecule has 1 fully saturated rings. The molecule has 2 amide bonds. The van der Waals surface area contributed by atoms with E-state index in [1.165, 1.54) is 5.56 Å². The SMILES string of the molecule is O=C1C[C@@H](N2CCc3ccccc3C2)C(=O)N1c1cc(C(F)(F)F)ccc1Cl. The van der Waals surface area contributed by atoms with Crippen molar-refractivity contribution in [2.75, 3.05) is 11.4 Å². The number of anilines is 1. The predicted octanol–water partition coefficient (Wildman–Crippen LogP) is 4.05. The molecule has 0 unspecified atom stereocenters. The highest BCUT2D eigenvalue weighted by Gasteiger charge is 2.44. The van der Waals surface area contributed by atoms with E-state index in [0.29, 0.717) is 13.1 Å². The molecule has 1 atom stereocenters. The lowest BCUT2D eigenvalue weighted by molar-refractivity contribution is -0.137. The largest absolute Gasteiger partial charge is 0.416 e. The van der Waals surface area contributed by atoms with E-state index < -0.39 is 29.6 Å². The minimum atomic E-state index is -4.60. The van der Waals surface area contributed by atoms with Crippen LogP contribution in [0.1, 0.15) is 23.1 Å². The van der Waals surface area contributed by atoms with E-state index in [-0.39, 0.29) is 17.1 Å². The minimum Gasteiger partial charge on any atom is -0.287 e. The van der Waals surface area contributed by atoms with Crippen molar-refractivity contribution < 1.29 is 22.8 Å². The lowest BCUT2D eigenvalue weighted by atomic mass is 9.98. The Labute approximate surface area is 164 Å². The fourth-order valence-electron chi connectivity index (χ4n) is 3.80. The summed E-state index contributed by atoms with van der Waals surface area (Å²) in [4.78, 5) is 28.2. The zero-order valence-electron chi connectivity index (χ0n) is 14.7. The molecular weight excluding hydrogens is 393 g/mol. The fourth-order valence-corrected chi connectivity index (χ4v) is 4.00. The lowest BCUT2D eigenvalue weighted by Gasteiger charge is -2.32. The van der Waals surface area contributed by atoms with Crippen LogP contribution in [0.4, 0.5) is 18.9 Å². The maximum atomic E-state index is 13.0. The molecular formula is C20H16ClF3N2O2. The molecule has 4 rings (SSSR count). The van der Waals surface area contributed by atoms with Crippen LogP contribution in [-0.4, -0.2) is 29.3 Å². The summed E-state index contributed by atoms with van der Waals surface area (Å²) in [6.07, 6.45) is -3.92. The molecule has 0 spiro atoms. The van der Waals surface area contributed by atoms with E-state index >= 15 is 0 Å². The molecule has 146 valence electrons. The molecule has 0 radical (unpaired) electrons. The molecule has 2 aliphatic rings. The van der Waals surface area contributed by atoms with Crippen molar-refractivity contribution in [2.24, 2.45) is 0 Å². The molecule has 2 aromatic carbocycles. The van der Waals surface area contributed by atoms with Gasteiger partial charge in [0.05, 0.1) is 28.7 Å². The predicted molar refractivity (Wildman–Crippen MR) is 97.9 cm³/mol. The first-order chi connectivity index (χ1) is 13.3. The van der Waals surface area contributed by atoms with Crippen LogP contribution in [0.15, 0.2) is 42.5 Å². The van der Waals surface area contributed by atoms with Gasteiger partial charge in [0.25, 0.3) is 5.91 Å². The molecule has 28 heavy (non-hydrogen) atoms. The van der Waals surface area contributed by atoms with Gasteiger partial charge in [-0.25, -0.2) is 4.90 Å². The highest BCUT2D eigenvalue weighted by atomic mass is 35.5. The van der Waals surface area contributed by atoms with Gasteiger partial charge in [-0.3, -0.25) is 14.5 Å². The van der Waals surface area contributed by atoms with Crippen LogP contribution in [0, 0.1) is 0 Å². The van der Waals surface area contributed by atoms with Gasteiger partial charge in [0.1, 0.15) is 0 Å². The molecule has 0 saturated carbocycles. The molecule has 0 aromatic heterocycles. The molecule has 0 aliphatic carbocycles. The van der Waals surface area contributed by atoms with Gasteiger partial charge in [-0.15, -0.1) is 0 Å². The van der Waals surface area contributed by atoms with E-state index in [2.05, 4.69) is 0 Å². The normalized spacial score (nSPS) is 20.6. The van der Waals surface area contributed by atoms with Gasteiger partial charge < -0.3 is 0 Å². The van der Waals surface area contributed by atoms with Crippen LogP contribution in [0.25, 0.3) is 0 Å². The van der Waals surface area contributed by atoms with Crippen LogP contribution >= 0.6 is 11.6 Å². The number of nitrogens with zero attached hydrogens (tertiary/aromatic N) is 2. The highest BCUT2D eigenvalue weighted by Crippen LogP contribution is 2.38. The Morgan fingerprint density at radius 2 is 1.75 bits per heavy atom. The second kappa shape index (κ2) is 6.90. The van der Waals surface area contributed by atoms with E-state index in [1.807, 2.05) is 29.2 Å². The summed E-state index contributed by atoms with van der Waals surface area (Å²) in [5, 5.41) is -0.0701. The van der Waals surface area contributed by atoms with E-state index in [0.717, 1.165) is 35.1 Å². The maximum absolute atomic E-state index is 13.0. The van der Waals surface area contributed by atoms with E-state index in [9.17, 15) is 22.8 Å². The number of alkyl halides is 3. The Morgan fingerprint density at radius 1 is 1.04 bits per heavy atom. The fraction of sp³-hybridized carbons (Fsp3) is 0.300. The van der Waals surface area contributed by atoms with Crippen LogP contribution in [0.3, 0.4) is 0 Å². The topological polar surface area (TPSA) is 40.6 Å². The highest BCUT2D eigenvalue weighted by molar-refractivity contribution is 6.36. The van der Waals surface area contributed by atoms with Gasteiger partial charge >= 0.3 is 6.18 Å². The summed E-state index contributed by atoms with van der Waals surface area (Å²) in [5.41, 5.74) is 1.12. The number of halogens is 4. The van der Waals surface area contributed by atoms with Gasteiger partial charge in [0.2, 0.25) is 5.91 Å². The quantitative estimate of drug-likeness (QED) is 0.704. The van der Waals surface area contributed by atoms with Gasteiger partial charge in [0, 0.05) is 13.1 Å². The Hall–Kier alpha value is -2.38. The van der Waals surface area contributed by atoms with Crippen LogP contribution in [0.2, 0.25) is 5.02 Å². The first-order valence-electron chi connectivity index (χ1n) is 8.80. The van der Waals surface area contributed by atoms with Gasteiger partial charge in [-0.2, -0.15) is 13.2 Å². The second-order valence-electron chi connectivity index (χ2n) is 6.94. The Morgan fingerprint density at radius 3 is 2.46 bits per heavy atom. The van der Waals surface area contributed by atoms with Crippen molar-refractivity contribution in [3.05, 3.63) is 64.2 Å². The summed E-state index contributed by atoms with van der Waals surface area (Å²) in [7, 11) is 0. The molecule has 2 heterocycles.